The number of nitrogens with one attached hydrogen (secondary N) is 3. The zero-order valence-corrected chi connectivity index (χ0v) is 22.1. The normalized spacial score (nSPS) is 28.4. The Morgan fingerprint density at radius 1 is 1.13 bits per heavy atom. The zero-order valence-electron chi connectivity index (χ0n) is 22.1. The highest BCUT2D eigenvalue weighted by atomic mass is 16.5. The average Bonchev–Trinajstić information content (AvgIpc) is 3.16. The number of urea groups is 1. The van der Waals surface area contributed by atoms with E-state index in [1.165, 1.54) is 31.3 Å². The van der Waals surface area contributed by atoms with E-state index in [0.29, 0.717) is 17.9 Å². The first-order valence-corrected chi connectivity index (χ1v) is 13.6. The highest BCUT2D eigenvalue weighted by Crippen LogP contribution is 2.57. The molecule has 206 valence electrons. The van der Waals surface area contributed by atoms with Crippen LogP contribution in [0.3, 0.4) is 0 Å². The second-order valence-corrected chi connectivity index (χ2v) is 11.4. The topological polar surface area (TPSA) is 129 Å². The van der Waals surface area contributed by atoms with E-state index in [2.05, 4.69) is 16.0 Å². The van der Waals surface area contributed by atoms with Crippen LogP contribution in [0, 0.1) is 17.8 Å². The SMILES string of the molecule is COC(=O)C1=C(Nc2cccc(NC(=O)NCC(C)OC34CC5CC(CC(C5)C3)C4)c2)C(=O)N(CCO)C1. The Morgan fingerprint density at radius 2 is 1.79 bits per heavy atom. The first-order valence-electron chi connectivity index (χ1n) is 13.6. The quantitative estimate of drug-likeness (QED) is 0.345. The minimum Gasteiger partial charge on any atom is -0.466 e. The Kier molecular flexibility index (Phi) is 7.63. The van der Waals surface area contributed by atoms with Crippen molar-refractivity contribution in [1.29, 1.82) is 0 Å². The molecule has 6 rings (SSSR count). The highest BCUT2D eigenvalue weighted by Gasteiger charge is 2.52. The number of amides is 3. The van der Waals surface area contributed by atoms with E-state index in [1.54, 1.807) is 24.3 Å². The fraction of sp³-hybridized carbons (Fsp3) is 0.607. The summed E-state index contributed by atoms with van der Waals surface area (Å²) in [5, 5.41) is 18.0. The van der Waals surface area contributed by atoms with Crippen LogP contribution < -0.4 is 16.0 Å². The van der Waals surface area contributed by atoms with Gasteiger partial charge in [0.25, 0.3) is 5.91 Å². The number of rotatable bonds is 10. The van der Waals surface area contributed by atoms with E-state index in [4.69, 9.17) is 9.47 Å². The van der Waals surface area contributed by atoms with Gasteiger partial charge in [-0.3, -0.25) is 4.79 Å². The van der Waals surface area contributed by atoms with Crippen molar-refractivity contribution in [3.05, 3.63) is 35.5 Å². The van der Waals surface area contributed by atoms with Crippen LogP contribution in [0.1, 0.15) is 45.4 Å². The third-order valence-corrected chi connectivity index (χ3v) is 8.33. The van der Waals surface area contributed by atoms with Crippen LogP contribution in [0.4, 0.5) is 16.2 Å². The first-order chi connectivity index (χ1) is 18.3. The van der Waals surface area contributed by atoms with Crippen molar-refractivity contribution in [2.75, 3.05) is 44.0 Å². The molecule has 1 atom stereocenters. The molecule has 1 aromatic rings. The Morgan fingerprint density at radius 3 is 2.42 bits per heavy atom. The molecule has 10 nitrogen and oxygen atoms in total. The van der Waals surface area contributed by atoms with Crippen molar-refractivity contribution in [3.63, 3.8) is 0 Å². The predicted octanol–water partition coefficient (Wildman–Crippen LogP) is 2.86. The Balaban J connectivity index is 1.15. The maximum atomic E-state index is 12.8. The van der Waals surface area contributed by atoms with Gasteiger partial charge < -0.3 is 35.4 Å². The Bertz CT molecular complexity index is 1080. The molecule has 0 spiro atoms. The van der Waals surface area contributed by atoms with Crippen molar-refractivity contribution in [3.8, 4) is 0 Å². The molecule has 0 aromatic heterocycles. The largest absolute Gasteiger partial charge is 0.466 e. The molecule has 38 heavy (non-hydrogen) atoms. The van der Waals surface area contributed by atoms with Gasteiger partial charge in [0.1, 0.15) is 5.70 Å². The third kappa shape index (κ3) is 5.66. The lowest BCUT2D eigenvalue weighted by Gasteiger charge is -2.57. The molecule has 5 aliphatic rings. The van der Waals surface area contributed by atoms with Crippen LogP contribution >= 0.6 is 0 Å². The molecule has 1 heterocycles. The monoisotopic (exact) mass is 526 g/mol. The van der Waals surface area contributed by atoms with Gasteiger partial charge in [-0.05, 0) is 81.4 Å². The summed E-state index contributed by atoms with van der Waals surface area (Å²) in [7, 11) is 1.25. The van der Waals surface area contributed by atoms with Gasteiger partial charge in [-0.1, -0.05) is 6.07 Å². The number of hydrogen-bond acceptors (Lipinski definition) is 7. The second-order valence-electron chi connectivity index (χ2n) is 11.4. The summed E-state index contributed by atoms with van der Waals surface area (Å²) in [5.41, 5.74) is 1.34. The van der Waals surface area contributed by atoms with Gasteiger partial charge in [0.2, 0.25) is 0 Å². The van der Waals surface area contributed by atoms with E-state index in [1.807, 2.05) is 6.92 Å². The molecular weight excluding hydrogens is 488 g/mol. The summed E-state index contributed by atoms with van der Waals surface area (Å²) in [4.78, 5) is 39.0. The lowest BCUT2D eigenvalue weighted by molar-refractivity contribution is -0.182. The highest BCUT2D eigenvalue weighted by molar-refractivity contribution is 6.08. The number of carbonyl (C=O) groups excluding carboxylic acids is 3. The number of aliphatic hydroxyl groups excluding tert-OH is 1. The van der Waals surface area contributed by atoms with Crippen LogP contribution in [0.5, 0.6) is 0 Å². The van der Waals surface area contributed by atoms with Crippen molar-refractivity contribution in [1.82, 2.24) is 10.2 Å². The molecule has 1 unspecified atom stereocenters. The molecule has 0 radical (unpaired) electrons. The van der Waals surface area contributed by atoms with Crippen LogP contribution in [0.2, 0.25) is 0 Å². The van der Waals surface area contributed by atoms with E-state index >= 15 is 0 Å². The molecule has 4 aliphatic carbocycles. The average molecular weight is 527 g/mol. The summed E-state index contributed by atoms with van der Waals surface area (Å²) in [6.45, 7) is 2.38. The van der Waals surface area contributed by atoms with Gasteiger partial charge in [-0.15, -0.1) is 0 Å². The fourth-order valence-electron chi connectivity index (χ4n) is 7.22. The first kappa shape index (κ1) is 26.5. The molecule has 4 N–H and O–H groups in total. The number of carbonyl (C=O) groups is 3. The molecule has 1 aliphatic heterocycles. The summed E-state index contributed by atoms with van der Waals surface area (Å²) in [6, 6.07) is 6.54. The van der Waals surface area contributed by atoms with Crippen LogP contribution in [-0.4, -0.2) is 73.0 Å². The van der Waals surface area contributed by atoms with Gasteiger partial charge >= 0.3 is 12.0 Å². The van der Waals surface area contributed by atoms with Gasteiger partial charge in [-0.2, -0.15) is 0 Å². The number of hydrogen-bond donors (Lipinski definition) is 4. The predicted molar refractivity (Wildman–Crippen MR) is 141 cm³/mol. The number of esters is 1. The zero-order chi connectivity index (χ0) is 26.9. The Hall–Kier alpha value is -3.11. The van der Waals surface area contributed by atoms with Crippen molar-refractivity contribution in [2.24, 2.45) is 17.8 Å². The van der Waals surface area contributed by atoms with E-state index in [9.17, 15) is 19.5 Å². The molecule has 0 saturated heterocycles. The maximum Gasteiger partial charge on any atom is 0.337 e. The minimum absolute atomic E-state index is 0.00547. The number of anilines is 2. The van der Waals surface area contributed by atoms with Crippen molar-refractivity contribution >= 4 is 29.3 Å². The number of nitrogens with zero attached hydrogens (tertiary/aromatic N) is 1. The fourth-order valence-corrected chi connectivity index (χ4v) is 7.22. The number of aliphatic hydroxyl groups is 1. The molecule has 4 bridgehead atoms. The van der Waals surface area contributed by atoms with E-state index in [-0.39, 0.29) is 48.7 Å². The van der Waals surface area contributed by atoms with E-state index < -0.39 is 11.9 Å². The molecular formula is C28H38N4O6. The smallest absolute Gasteiger partial charge is 0.337 e. The van der Waals surface area contributed by atoms with Crippen LogP contribution in [0.15, 0.2) is 35.5 Å². The van der Waals surface area contributed by atoms with Crippen LogP contribution in [0.25, 0.3) is 0 Å². The van der Waals surface area contributed by atoms with Gasteiger partial charge in [0, 0.05) is 24.5 Å². The molecule has 1 aromatic carbocycles. The van der Waals surface area contributed by atoms with Crippen molar-refractivity contribution < 1.29 is 29.0 Å². The molecule has 4 fully saturated rings. The Labute approximate surface area is 223 Å². The second kappa shape index (κ2) is 10.9. The third-order valence-electron chi connectivity index (χ3n) is 8.33. The van der Waals surface area contributed by atoms with Crippen LogP contribution in [-0.2, 0) is 19.1 Å². The standard InChI is InChI=1S/C28H38N4O6/c1-17(38-28-12-18-8-19(13-28)10-20(9-18)14-28)15-29-27(36)31-22-5-3-4-21(11-22)30-24-23(26(35)37-2)16-32(6-7-33)25(24)34/h3-5,11,17-20,30,33H,6-10,12-16H2,1-2H3,(H2,29,31,36). The summed E-state index contributed by atoms with van der Waals surface area (Å²) in [6.07, 6.45) is 7.48. The summed E-state index contributed by atoms with van der Waals surface area (Å²) < 4.78 is 11.4. The number of ether oxygens (including phenoxy) is 2. The van der Waals surface area contributed by atoms with Crippen molar-refractivity contribution in [2.45, 2.75) is 57.2 Å². The molecule has 4 saturated carbocycles. The summed E-state index contributed by atoms with van der Waals surface area (Å²) >= 11 is 0. The lowest BCUT2D eigenvalue weighted by Crippen LogP contribution is -2.54. The number of benzene rings is 1. The molecule has 10 heteroatoms. The van der Waals surface area contributed by atoms with Gasteiger partial charge in [0.05, 0.1) is 37.5 Å². The maximum absolute atomic E-state index is 12.8. The van der Waals surface area contributed by atoms with Gasteiger partial charge in [0.15, 0.2) is 0 Å². The molecule has 3 amide bonds. The number of methoxy groups -OCH3 is 1. The summed E-state index contributed by atoms with van der Waals surface area (Å²) in [5.74, 6) is 1.41. The van der Waals surface area contributed by atoms with E-state index in [0.717, 1.165) is 37.0 Å². The number of β-amino-alcohol motifs (C(OH)–C–C–N with tert-alkyl or cyclic N) is 1. The minimum atomic E-state index is -0.611. The lowest BCUT2D eigenvalue weighted by atomic mass is 9.54. The van der Waals surface area contributed by atoms with Gasteiger partial charge in [-0.25, -0.2) is 9.59 Å².